The number of ketones is 1. The van der Waals surface area contributed by atoms with E-state index in [4.69, 9.17) is 0 Å². The van der Waals surface area contributed by atoms with Gasteiger partial charge in [0.25, 0.3) is 0 Å². The van der Waals surface area contributed by atoms with Crippen molar-refractivity contribution in [3.63, 3.8) is 0 Å². The highest BCUT2D eigenvalue weighted by Gasteiger charge is 2.18. The molecule has 0 saturated carbocycles. The van der Waals surface area contributed by atoms with Gasteiger partial charge < -0.3 is 4.90 Å². The van der Waals surface area contributed by atoms with Crippen LogP contribution in [0.1, 0.15) is 21.7 Å². The van der Waals surface area contributed by atoms with Crippen molar-refractivity contribution in [2.45, 2.75) is 6.54 Å². The lowest BCUT2D eigenvalue weighted by atomic mass is 10.0. The molecule has 7 heteroatoms. The number of carbonyl (C=O) groups excluding carboxylic acids is 1. The van der Waals surface area contributed by atoms with Crippen LogP contribution in [0.3, 0.4) is 0 Å². The fourth-order valence-corrected chi connectivity index (χ4v) is 2.77. The van der Waals surface area contributed by atoms with E-state index in [1.54, 1.807) is 30.9 Å². The van der Waals surface area contributed by atoms with Crippen LogP contribution in [0.15, 0.2) is 53.5 Å². The molecule has 0 aliphatic rings. The molecule has 0 atom stereocenters. The van der Waals surface area contributed by atoms with E-state index in [0.717, 1.165) is 16.0 Å². The monoisotopic (exact) mass is 385 g/mol. The summed E-state index contributed by atoms with van der Waals surface area (Å²) in [4.78, 5) is 18.9. The Morgan fingerprint density at radius 3 is 2.67 bits per heavy atom. The maximum Gasteiger partial charge on any atom is 0.195 e. The van der Waals surface area contributed by atoms with E-state index in [1.165, 1.54) is 0 Å². The number of pyridine rings is 1. The summed E-state index contributed by atoms with van der Waals surface area (Å²) in [5.41, 5.74) is 1.92. The third-order valence-electron chi connectivity index (χ3n) is 3.48. The number of carbonyl (C=O) groups is 1. The first kappa shape index (κ1) is 16.5. The van der Waals surface area contributed by atoms with E-state index in [-0.39, 0.29) is 5.78 Å². The topological polar surface area (TPSA) is 63.9 Å². The second-order valence-corrected chi connectivity index (χ2v) is 6.50. The molecular weight excluding hydrogens is 370 g/mol. The standard InChI is InChI=1S/C17H16BrN5O/c1-22(2)10-16-21-20-11-23(16)15-4-3-13(18)9-14(15)17(24)12-5-7-19-8-6-12/h3-9,11H,10H2,1-2H3. The molecule has 0 aliphatic carbocycles. The number of aromatic nitrogens is 4. The second-order valence-electron chi connectivity index (χ2n) is 5.58. The molecule has 0 N–H and O–H groups in total. The fourth-order valence-electron chi connectivity index (χ4n) is 2.41. The zero-order valence-corrected chi connectivity index (χ0v) is 14.9. The molecule has 3 rings (SSSR count). The molecule has 3 aromatic rings. The Hall–Kier alpha value is -2.38. The van der Waals surface area contributed by atoms with Crippen LogP contribution in [0.2, 0.25) is 0 Å². The highest BCUT2D eigenvalue weighted by atomic mass is 79.9. The molecule has 0 bridgehead atoms. The summed E-state index contributed by atoms with van der Waals surface area (Å²) < 4.78 is 2.69. The number of halogens is 1. The van der Waals surface area contributed by atoms with Crippen molar-refractivity contribution in [1.82, 2.24) is 24.6 Å². The molecule has 0 unspecified atom stereocenters. The summed E-state index contributed by atoms with van der Waals surface area (Å²) in [6, 6.07) is 9.02. The summed E-state index contributed by atoms with van der Waals surface area (Å²) >= 11 is 3.45. The van der Waals surface area contributed by atoms with Gasteiger partial charge in [0.05, 0.1) is 12.2 Å². The van der Waals surface area contributed by atoms with Crippen LogP contribution >= 0.6 is 15.9 Å². The Kier molecular flexibility index (Phi) is 4.82. The first-order valence-corrected chi connectivity index (χ1v) is 8.14. The average Bonchev–Trinajstić information content (AvgIpc) is 3.02. The molecule has 24 heavy (non-hydrogen) atoms. The van der Waals surface area contributed by atoms with Gasteiger partial charge in [-0.1, -0.05) is 15.9 Å². The fraction of sp³-hybridized carbons (Fsp3) is 0.176. The Balaban J connectivity index is 2.10. The van der Waals surface area contributed by atoms with Crippen LogP contribution in [-0.2, 0) is 6.54 Å². The minimum absolute atomic E-state index is 0.0711. The van der Waals surface area contributed by atoms with E-state index in [0.29, 0.717) is 17.7 Å². The third-order valence-corrected chi connectivity index (χ3v) is 3.97. The van der Waals surface area contributed by atoms with Gasteiger partial charge in [0.15, 0.2) is 11.6 Å². The molecule has 0 fully saturated rings. The van der Waals surface area contributed by atoms with Gasteiger partial charge in [-0.25, -0.2) is 0 Å². The minimum atomic E-state index is -0.0711. The summed E-state index contributed by atoms with van der Waals surface area (Å²) in [6.45, 7) is 0.624. The predicted octanol–water partition coefficient (Wildman–Crippen LogP) is 2.72. The lowest BCUT2D eigenvalue weighted by molar-refractivity contribution is 0.103. The van der Waals surface area contributed by atoms with Crippen molar-refractivity contribution in [3.8, 4) is 5.69 Å². The number of hydrogen-bond acceptors (Lipinski definition) is 5. The van der Waals surface area contributed by atoms with Gasteiger partial charge in [0.2, 0.25) is 0 Å². The van der Waals surface area contributed by atoms with Crippen molar-refractivity contribution in [2.75, 3.05) is 14.1 Å². The summed E-state index contributed by atoms with van der Waals surface area (Å²) in [5.74, 6) is 0.698. The first-order chi connectivity index (χ1) is 11.6. The maximum atomic E-state index is 12.9. The Morgan fingerprint density at radius 2 is 1.96 bits per heavy atom. The molecule has 0 radical (unpaired) electrons. The predicted molar refractivity (Wildman–Crippen MR) is 94.1 cm³/mol. The Bertz CT molecular complexity index is 860. The number of rotatable bonds is 5. The van der Waals surface area contributed by atoms with Gasteiger partial charge in [-0.05, 0) is 44.4 Å². The zero-order chi connectivity index (χ0) is 17.1. The van der Waals surface area contributed by atoms with Crippen molar-refractivity contribution in [3.05, 3.63) is 70.5 Å². The van der Waals surface area contributed by atoms with E-state index in [2.05, 4.69) is 31.1 Å². The molecule has 1 aromatic carbocycles. The van der Waals surface area contributed by atoms with Crippen molar-refractivity contribution < 1.29 is 4.79 Å². The first-order valence-electron chi connectivity index (χ1n) is 7.34. The number of hydrogen-bond donors (Lipinski definition) is 0. The molecule has 122 valence electrons. The Morgan fingerprint density at radius 1 is 1.21 bits per heavy atom. The Labute approximate surface area is 148 Å². The van der Waals surface area contributed by atoms with Gasteiger partial charge in [-0.15, -0.1) is 10.2 Å². The van der Waals surface area contributed by atoms with Crippen molar-refractivity contribution in [1.29, 1.82) is 0 Å². The minimum Gasteiger partial charge on any atom is -0.302 e. The third kappa shape index (κ3) is 3.42. The van der Waals surface area contributed by atoms with Crippen LogP contribution in [-0.4, -0.2) is 44.5 Å². The quantitative estimate of drug-likeness (QED) is 0.631. The van der Waals surface area contributed by atoms with Crippen molar-refractivity contribution in [2.24, 2.45) is 0 Å². The molecule has 6 nitrogen and oxygen atoms in total. The van der Waals surface area contributed by atoms with E-state index in [9.17, 15) is 4.79 Å². The van der Waals surface area contributed by atoms with Gasteiger partial charge in [-0.3, -0.25) is 14.3 Å². The van der Waals surface area contributed by atoms with Gasteiger partial charge in [-0.2, -0.15) is 0 Å². The van der Waals surface area contributed by atoms with E-state index in [1.807, 2.05) is 41.8 Å². The van der Waals surface area contributed by atoms with Crippen molar-refractivity contribution >= 4 is 21.7 Å². The maximum absolute atomic E-state index is 12.9. The molecule has 0 aliphatic heterocycles. The molecular formula is C17H16BrN5O. The van der Waals surface area contributed by atoms with E-state index < -0.39 is 0 Å². The summed E-state index contributed by atoms with van der Waals surface area (Å²) in [5, 5.41) is 8.17. The highest BCUT2D eigenvalue weighted by molar-refractivity contribution is 9.10. The lowest BCUT2D eigenvalue weighted by Gasteiger charge is -2.14. The highest BCUT2D eigenvalue weighted by Crippen LogP contribution is 2.24. The molecule has 0 saturated heterocycles. The molecule has 2 heterocycles. The van der Waals surface area contributed by atoms with Gasteiger partial charge in [0, 0.05) is 28.0 Å². The van der Waals surface area contributed by atoms with Crippen LogP contribution in [0.5, 0.6) is 0 Å². The van der Waals surface area contributed by atoms with Gasteiger partial charge >= 0.3 is 0 Å². The zero-order valence-electron chi connectivity index (χ0n) is 13.3. The lowest BCUT2D eigenvalue weighted by Crippen LogP contribution is -2.16. The number of benzene rings is 1. The van der Waals surface area contributed by atoms with Crippen LogP contribution in [0, 0.1) is 0 Å². The van der Waals surface area contributed by atoms with E-state index >= 15 is 0 Å². The average molecular weight is 386 g/mol. The van der Waals surface area contributed by atoms with Crippen LogP contribution in [0.4, 0.5) is 0 Å². The normalized spacial score (nSPS) is 11.0. The summed E-state index contributed by atoms with van der Waals surface area (Å²) in [7, 11) is 3.92. The second kappa shape index (κ2) is 7.02. The number of nitrogens with zero attached hydrogens (tertiary/aromatic N) is 5. The van der Waals surface area contributed by atoms with Gasteiger partial charge in [0.1, 0.15) is 6.33 Å². The van der Waals surface area contributed by atoms with Crippen LogP contribution < -0.4 is 0 Å². The molecule has 0 amide bonds. The molecule has 0 spiro atoms. The molecule has 2 aromatic heterocycles. The largest absolute Gasteiger partial charge is 0.302 e. The smallest absolute Gasteiger partial charge is 0.195 e. The SMILES string of the molecule is CN(C)Cc1nncn1-c1ccc(Br)cc1C(=O)c1ccncc1. The summed E-state index contributed by atoms with van der Waals surface area (Å²) in [6.07, 6.45) is 4.85. The van der Waals surface area contributed by atoms with Crippen LogP contribution in [0.25, 0.3) is 5.69 Å².